The number of ether oxygens (including phenoxy) is 1. The zero-order valence-electron chi connectivity index (χ0n) is 10.6. The molecule has 0 saturated heterocycles. The standard InChI is InChI=1S/C12H24O2.2CH4/c1-8-11(4,5)10(13)14-12(6,7)9(2)3;;/h9H,8H2,1-7H3;2*1H4. The van der Waals surface area contributed by atoms with Gasteiger partial charge in [-0.05, 0) is 40.0 Å². The molecule has 2 heteroatoms. The zero-order chi connectivity index (χ0) is 11.6. The highest BCUT2D eigenvalue weighted by Gasteiger charge is 2.34. The second-order valence-electron chi connectivity index (χ2n) is 5.39. The van der Waals surface area contributed by atoms with Crippen molar-refractivity contribution in [3.05, 3.63) is 0 Å². The second kappa shape index (κ2) is 6.93. The molecule has 0 radical (unpaired) electrons. The van der Waals surface area contributed by atoms with E-state index < -0.39 is 0 Å². The fourth-order valence-corrected chi connectivity index (χ4v) is 0.639. The minimum atomic E-state index is -0.372. The summed E-state index contributed by atoms with van der Waals surface area (Å²) in [7, 11) is 0. The van der Waals surface area contributed by atoms with Crippen LogP contribution in [0.25, 0.3) is 0 Å². The van der Waals surface area contributed by atoms with Crippen LogP contribution in [0.1, 0.15) is 69.7 Å². The Balaban J connectivity index is -0.000000845. The molecular weight excluding hydrogens is 200 g/mol. The van der Waals surface area contributed by atoms with Crippen LogP contribution in [0.2, 0.25) is 0 Å². The molecule has 0 aliphatic rings. The van der Waals surface area contributed by atoms with Crippen molar-refractivity contribution in [2.75, 3.05) is 0 Å². The largest absolute Gasteiger partial charge is 0.459 e. The maximum Gasteiger partial charge on any atom is 0.312 e. The fraction of sp³-hybridized carbons (Fsp3) is 0.929. The summed E-state index contributed by atoms with van der Waals surface area (Å²) in [6.45, 7) is 13.9. The number of hydrogen-bond acceptors (Lipinski definition) is 2. The van der Waals surface area contributed by atoms with Crippen molar-refractivity contribution < 1.29 is 9.53 Å². The first-order valence-electron chi connectivity index (χ1n) is 5.37. The number of rotatable bonds is 4. The Bertz CT molecular complexity index is 203. The summed E-state index contributed by atoms with van der Waals surface area (Å²) in [6, 6.07) is 0. The third-order valence-electron chi connectivity index (χ3n) is 3.18. The second-order valence-corrected chi connectivity index (χ2v) is 5.39. The molecule has 0 fully saturated rings. The van der Waals surface area contributed by atoms with E-state index in [0.29, 0.717) is 5.92 Å². The highest BCUT2D eigenvalue weighted by Crippen LogP contribution is 2.28. The zero-order valence-corrected chi connectivity index (χ0v) is 10.6. The van der Waals surface area contributed by atoms with Gasteiger partial charge in [0.05, 0.1) is 5.41 Å². The lowest BCUT2D eigenvalue weighted by Crippen LogP contribution is -2.38. The summed E-state index contributed by atoms with van der Waals surface area (Å²) in [6.07, 6.45) is 0.806. The number of carbonyl (C=O) groups excluding carboxylic acids is 1. The minimum absolute atomic E-state index is 0. The summed E-state index contributed by atoms with van der Waals surface area (Å²) >= 11 is 0. The number of esters is 1. The van der Waals surface area contributed by atoms with Gasteiger partial charge in [0.2, 0.25) is 0 Å². The van der Waals surface area contributed by atoms with Crippen molar-refractivity contribution >= 4 is 5.97 Å². The molecule has 100 valence electrons. The van der Waals surface area contributed by atoms with Gasteiger partial charge in [-0.25, -0.2) is 0 Å². The van der Waals surface area contributed by atoms with Gasteiger partial charge in [0.15, 0.2) is 0 Å². The maximum absolute atomic E-state index is 11.8. The van der Waals surface area contributed by atoms with Gasteiger partial charge in [-0.15, -0.1) is 0 Å². The smallest absolute Gasteiger partial charge is 0.312 e. The van der Waals surface area contributed by atoms with Gasteiger partial charge in [0.1, 0.15) is 5.60 Å². The lowest BCUT2D eigenvalue weighted by molar-refractivity contribution is -0.171. The van der Waals surface area contributed by atoms with Gasteiger partial charge in [-0.1, -0.05) is 35.6 Å². The van der Waals surface area contributed by atoms with Gasteiger partial charge in [-0.3, -0.25) is 4.79 Å². The summed E-state index contributed by atoms with van der Waals surface area (Å²) in [5.74, 6) is 0.234. The highest BCUT2D eigenvalue weighted by atomic mass is 16.6. The van der Waals surface area contributed by atoms with Crippen LogP contribution in [0.5, 0.6) is 0 Å². The molecule has 0 N–H and O–H groups in total. The number of hydrogen-bond donors (Lipinski definition) is 0. The molecule has 0 atom stereocenters. The Morgan fingerprint density at radius 2 is 1.50 bits per heavy atom. The van der Waals surface area contributed by atoms with E-state index in [2.05, 4.69) is 13.8 Å². The summed E-state index contributed by atoms with van der Waals surface area (Å²) in [5, 5.41) is 0. The first kappa shape index (κ1) is 20.8. The van der Waals surface area contributed by atoms with Crippen LogP contribution >= 0.6 is 0 Å². The fourth-order valence-electron chi connectivity index (χ4n) is 0.639. The molecule has 0 heterocycles. The Morgan fingerprint density at radius 1 is 1.12 bits per heavy atom. The van der Waals surface area contributed by atoms with Crippen molar-refractivity contribution in [3.8, 4) is 0 Å². The lowest BCUT2D eigenvalue weighted by atomic mass is 9.89. The van der Waals surface area contributed by atoms with Gasteiger partial charge in [0, 0.05) is 0 Å². The molecule has 0 aromatic carbocycles. The number of carbonyl (C=O) groups is 1. The van der Waals surface area contributed by atoms with Crippen molar-refractivity contribution in [2.45, 2.75) is 75.3 Å². The van der Waals surface area contributed by atoms with Gasteiger partial charge in [-0.2, -0.15) is 0 Å². The molecule has 0 aromatic rings. The van der Waals surface area contributed by atoms with Crippen molar-refractivity contribution in [1.82, 2.24) is 0 Å². The Morgan fingerprint density at radius 3 is 1.75 bits per heavy atom. The molecular formula is C14H32O2. The van der Waals surface area contributed by atoms with E-state index in [0.717, 1.165) is 6.42 Å². The van der Waals surface area contributed by atoms with Gasteiger partial charge < -0.3 is 4.74 Å². The molecule has 0 amide bonds. The highest BCUT2D eigenvalue weighted by molar-refractivity contribution is 5.76. The predicted octanol–water partition coefficient (Wildman–Crippen LogP) is 4.67. The normalized spacial score (nSPS) is 11.5. The molecule has 2 nitrogen and oxygen atoms in total. The van der Waals surface area contributed by atoms with Crippen LogP contribution in [-0.4, -0.2) is 11.6 Å². The minimum Gasteiger partial charge on any atom is -0.459 e. The van der Waals surface area contributed by atoms with Gasteiger partial charge >= 0.3 is 5.97 Å². The van der Waals surface area contributed by atoms with Gasteiger partial charge in [0.25, 0.3) is 0 Å². The average Bonchev–Trinajstić information content (AvgIpc) is 2.03. The molecule has 0 saturated carbocycles. The molecule has 0 unspecified atom stereocenters. The van der Waals surface area contributed by atoms with Crippen molar-refractivity contribution in [2.24, 2.45) is 11.3 Å². The van der Waals surface area contributed by atoms with E-state index >= 15 is 0 Å². The van der Waals surface area contributed by atoms with E-state index in [-0.39, 0.29) is 31.8 Å². The molecule has 0 spiro atoms. The van der Waals surface area contributed by atoms with Crippen LogP contribution in [0.4, 0.5) is 0 Å². The van der Waals surface area contributed by atoms with E-state index in [1.807, 2.05) is 34.6 Å². The summed E-state index contributed by atoms with van der Waals surface area (Å²) in [4.78, 5) is 11.8. The Hall–Kier alpha value is -0.530. The molecule has 0 rings (SSSR count). The third kappa shape index (κ3) is 5.53. The molecule has 0 aromatic heterocycles. The Kier molecular flexibility index (Phi) is 9.02. The monoisotopic (exact) mass is 232 g/mol. The van der Waals surface area contributed by atoms with Crippen LogP contribution in [0.3, 0.4) is 0 Å². The van der Waals surface area contributed by atoms with Crippen LogP contribution in [0.15, 0.2) is 0 Å². The van der Waals surface area contributed by atoms with E-state index in [1.54, 1.807) is 0 Å². The first-order valence-corrected chi connectivity index (χ1v) is 5.37. The van der Waals surface area contributed by atoms with Crippen LogP contribution < -0.4 is 0 Å². The SMILES string of the molecule is C.C.CCC(C)(C)C(=O)OC(C)(C)C(C)C. The van der Waals surface area contributed by atoms with E-state index in [1.165, 1.54) is 0 Å². The van der Waals surface area contributed by atoms with E-state index in [4.69, 9.17) is 4.74 Å². The average molecular weight is 232 g/mol. The molecule has 0 aliphatic carbocycles. The molecule has 0 bridgehead atoms. The third-order valence-corrected chi connectivity index (χ3v) is 3.18. The predicted molar refractivity (Wildman–Crippen MR) is 72.5 cm³/mol. The molecule has 0 aliphatic heterocycles. The van der Waals surface area contributed by atoms with E-state index in [9.17, 15) is 4.79 Å². The first-order chi connectivity index (χ1) is 6.13. The quantitative estimate of drug-likeness (QED) is 0.658. The Labute approximate surface area is 103 Å². The maximum atomic E-state index is 11.8. The van der Waals surface area contributed by atoms with Crippen LogP contribution in [0, 0.1) is 11.3 Å². The van der Waals surface area contributed by atoms with Crippen LogP contribution in [-0.2, 0) is 9.53 Å². The lowest BCUT2D eigenvalue weighted by Gasteiger charge is -2.33. The summed E-state index contributed by atoms with van der Waals surface area (Å²) < 4.78 is 5.52. The summed E-state index contributed by atoms with van der Waals surface area (Å²) in [5.41, 5.74) is -0.740. The van der Waals surface area contributed by atoms with Crippen molar-refractivity contribution in [3.63, 3.8) is 0 Å². The molecule has 16 heavy (non-hydrogen) atoms. The topological polar surface area (TPSA) is 26.3 Å². The van der Waals surface area contributed by atoms with Crippen molar-refractivity contribution in [1.29, 1.82) is 0 Å².